The minimum absolute atomic E-state index is 0.0215. The molecule has 0 unspecified atom stereocenters. The van der Waals surface area contributed by atoms with Gasteiger partial charge in [-0.3, -0.25) is 4.79 Å². The fourth-order valence-corrected chi connectivity index (χ4v) is 3.70. The van der Waals surface area contributed by atoms with E-state index in [4.69, 9.17) is 4.74 Å². The summed E-state index contributed by atoms with van der Waals surface area (Å²) < 4.78 is 18.1. The Hall–Kier alpha value is -2.31. The highest BCUT2D eigenvalue weighted by atomic mass is 32.2. The Morgan fingerprint density at radius 2 is 1.96 bits per heavy atom. The number of halogens is 1. The molecule has 0 aliphatic carbocycles. The SMILES string of the molecule is COCCCNC(=O)Cc1c(Sc2ccc(F)cc2)[nH]c2ccccc12. The predicted molar refractivity (Wildman–Crippen MR) is 102 cm³/mol. The average molecular weight is 372 g/mol. The van der Waals surface area contributed by atoms with E-state index in [1.165, 1.54) is 23.9 Å². The Balaban J connectivity index is 1.80. The molecule has 2 N–H and O–H groups in total. The van der Waals surface area contributed by atoms with Crippen LogP contribution in [0.15, 0.2) is 58.5 Å². The molecule has 1 aromatic heterocycles. The maximum Gasteiger partial charge on any atom is 0.224 e. The molecule has 0 fully saturated rings. The number of para-hydroxylation sites is 1. The van der Waals surface area contributed by atoms with Crippen molar-refractivity contribution in [1.29, 1.82) is 0 Å². The van der Waals surface area contributed by atoms with Crippen LogP contribution < -0.4 is 5.32 Å². The lowest BCUT2D eigenvalue weighted by Crippen LogP contribution is -2.26. The first kappa shape index (κ1) is 18.5. The third-order valence-electron chi connectivity index (χ3n) is 3.99. The first-order valence-electron chi connectivity index (χ1n) is 8.46. The third-order valence-corrected chi connectivity index (χ3v) is 5.05. The molecule has 4 nitrogen and oxygen atoms in total. The van der Waals surface area contributed by atoms with Gasteiger partial charge in [0.2, 0.25) is 5.91 Å². The number of hydrogen-bond acceptors (Lipinski definition) is 3. The fraction of sp³-hybridized carbons (Fsp3) is 0.250. The van der Waals surface area contributed by atoms with Crippen molar-refractivity contribution in [3.8, 4) is 0 Å². The number of nitrogens with one attached hydrogen (secondary N) is 2. The Bertz CT molecular complexity index is 877. The topological polar surface area (TPSA) is 54.1 Å². The number of H-pyrrole nitrogens is 1. The van der Waals surface area contributed by atoms with Crippen molar-refractivity contribution in [3.63, 3.8) is 0 Å². The summed E-state index contributed by atoms with van der Waals surface area (Å²) in [6.07, 6.45) is 1.08. The van der Waals surface area contributed by atoms with Crippen LogP contribution >= 0.6 is 11.8 Å². The molecule has 0 saturated carbocycles. The quantitative estimate of drug-likeness (QED) is 0.584. The second kappa shape index (κ2) is 8.87. The first-order chi connectivity index (χ1) is 12.7. The number of methoxy groups -OCH3 is 1. The number of hydrogen-bond donors (Lipinski definition) is 2. The maximum atomic E-state index is 13.1. The number of rotatable bonds is 8. The molecule has 136 valence electrons. The van der Waals surface area contributed by atoms with E-state index >= 15 is 0 Å². The van der Waals surface area contributed by atoms with Crippen LogP contribution in [0.25, 0.3) is 10.9 Å². The summed E-state index contributed by atoms with van der Waals surface area (Å²) in [5, 5.41) is 4.87. The Morgan fingerprint density at radius 3 is 2.73 bits per heavy atom. The largest absolute Gasteiger partial charge is 0.385 e. The molecule has 3 rings (SSSR count). The third kappa shape index (κ3) is 4.65. The van der Waals surface area contributed by atoms with Gasteiger partial charge in [0.15, 0.2) is 0 Å². The van der Waals surface area contributed by atoms with Gasteiger partial charge in [0, 0.05) is 41.6 Å². The molecular formula is C20H21FN2O2S. The van der Waals surface area contributed by atoms with Gasteiger partial charge in [-0.25, -0.2) is 4.39 Å². The van der Waals surface area contributed by atoms with Gasteiger partial charge in [-0.1, -0.05) is 30.0 Å². The lowest BCUT2D eigenvalue weighted by Gasteiger charge is -2.07. The molecule has 2 aromatic carbocycles. The summed E-state index contributed by atoms with van der Waals surface area (Å²) in [5.41, 5.74) is 1.94. The van der Waals surface area contributed by atoms with E-state index in [9.17, 15) is 9.18 Å². The van der Waals surface area contributed by atoms with Gasteiger partial charge in [-0.2, -0.15) is 0 Å². The summed E-state index contributed by atoms with van der Waals surface area (Å²) in [6, 6.07) is 14.3. The number of aromatic amines is 1. The monoisotopic (exact) mass is 372 g/mol. The molecule has 1 amide bonds. The van der Waals surface area contributed by atoms with Crippen molar-refractivity contribution in [3.05, 3.63) is 59.9 Å². The van der Waals surface area contributed by atoms with E-state index in [0.717, 1.165) is 32.8 Å². The highest BCUT2D eigenvalue weighted by Crippen LogP contribution is 2.34. The highest BCUT2D eigenvalue weighted by molar-refractivity contribution is 7.99. The number of amides is 1. The molecule has 0 saturated heterocycles. The van der Waals surface area contributed by atoms with Crippen LogP contribution in [-0.4, -0.2) is 31.2 Å². The average Bonchev–Trinajstić information content (AvgIpc) is 2.98. The summed E-state index contributed by atoms with van der Waals surface area (Å²) in [7, 11) is 1.65. The lowest BCUT2D eigenvalue weighted by atomic mass is 10.1. The molecule has 0 bridgehead atoms. The molecule has 26 heavy (non-hydrogen) atoms. The number of carbonyl (C=O) groups excluding carboxylic acids is 1. The Kier molecular flexibility index (Phi) is 6.30. The van der Waals surface area contributed by atoms with E-state index in [2.05, 4.69) is 10.3 Å². The van der Waals surface area contributed by atoms with Crippen molar-refractivity contribution in [2.75, 3.05) is 20.3 Å². The molecule has 3 aromatic rings. The van der Waals surface area contributed by atoms with Gasteiger partial charge in [0.25, 0.3) is 0 Å². The lowest BCUT2D eigenvalue weighted by molar-refractivity contribution is -0.120. The molecule has 0 aliphatic heterocycles. The van der Waals surface area contributed by atoms with Crippen LogP contribution in [-0.2, 0) is 16.0 Å². The number of ether oxygens (including phenoxy) is 1. The van der Waals surface area contributed by atoms with Gasteiger partial charge < -0.3 is 15.0 Å². The standard InChI is InChI=1S/C20H21FN2O2S/c1-25-12-4-11-22-19(24)13-17-16-5-2-3-6-18(16)23-20(17)26-15-9-7-14(21)8-10-15/h2-3,5-10,23H,4,11-13H2,1H3,(H,22,24). The van der Waals surface area contributed by atoms with Crippen LogP contribution in [0.1, 0.15) is 12.0 Å². The number of carbonyl (C=O) groups is 1. The van der Waals surface area contributed by atoms with Crippen molar-refractivity contribution < 1.29 is 13.9 Å². The zero-order chi connectivity index (χ0) is 18.4. The van der Waals surface area contributed by atoms with Gasteiger partial charge >= 0.3 is 0 Å². The maximum absolute atomic E-state index is 13.1. The zero-order valence-corrected chi connectivity index (χ0v) is 15.4. The number of fused-ring (bicyclic) bond motifs is 1. The van der Waals surface area contributed by atoms with Crippen LogP contribution in [0, 0.1) is 5.82 Å². The predicted octanol–water partition coefficient (Wildman–Crippen LogP) is 4.15. The highest BCUT2D eigenvalue weighted by Gasteiger charge is 2.15. The van der Waals surface area contributed by atoms with Gasteiger partial charge in [0.1, 0.15) is 5.82 Å². The summed E-state index contributed by atoms with van der Waals surface area (Å²) >= 11 is 1.50. The smallest absolute Gasteiger partial charge is 0.224 e. The van der Waals surface area contributed by atoms with E-state index < -0.39 is 0 Å². The van der Waals surface area contributed by atoms with Crippen LogP contribution in [0.3, 0.4) is 0 Å². The van der Waals surface area contributed by atoms with Crippen molar-refractivity contribution in [1.82, 2.24) is 10.3 Å². The second-order valence-electron chi connectivity index (χ2n) is 5.91. The van der Waals surface area contributed by atoms with E-state index in [0.29, 0.717) is 19.6 Å². The van der Waals surface area contributed by atoms with Crippen molar-refractivity contribution in [2.24, 2.45) is 0 Å². The number of aromatic nitrogens is 1. The second-order valence-corrected chi connectivity index (χ2v) is 6.99. The van der Waals surface area contributed by atoms with Crippen LogP contribution in [0.2, 0.25) is 0 Å². The minimum Gasteiger partial charge on any atom is -0.385 e. The van der Waals surface area contributed by atoms with Crippen LogP contribution in [0.4, 0.5) is 4.39 Å². The molecular weight excluding hydrogens is 351 g/mol. The summed E-state index contributed by atoms with van der Waals surface area (Å²) in [5.74, 6) is -0.284. The van der Waals surface area contributed by atoms with Crippen molar-refractivity contribution in [2.45, 2.75) is 22.8 Å². The first-order valence-corrected chi connectivity index (χ1v) is 9.27. The molecule has 1 heterocycles. The molecule has 6 heteroatoms. The zero-order valence-electron chi connectivity index (χ0n) is 14.5. The van der Waals surface area contributed by atoms with E-state index in [-0.39, 0.29) is 11.7 Å². The summed E-state index contributed by atoms with van der Waals surface area (Å²) in [4.78, 5) is 16.6. The molecule has 0 atom stereocenters. The molecule has 0 spiro atoms. The fourth-order valence-electron chi connectivity index (χ4n) is 2.73. The van der Waals surface area contributed by atoms with Gasteiger partial charge in [-0.15, -0.1) is 0 Å². The Labute approximate surface area is 156 Å². The number of benzene rings is 2. The minimum atomic E-state index is -0.262. The van der Waals surface area contributed by atoms with E-state index in [1.807, 2.05) is 24.3 Å². The molecule has 0 radical (unpaired) electrons. The summed E-state index contributed by atoms with van der Waals surface area (Å²) in [6.45, 7) is 1.22. The Morgan fingerprint density at radius 1 is 1.19 bits per heavy atom. The normalized spacial score (nSPS) is 11.0. The van der Waals surface area contributed by atoms with Gasteiger partial charge in [0.05, 0.1) is 11.4 Å². The van der Waals surface area contributed by atoms with E-state index in [1.54, 1.807) is 19.2 Å². The van der Waals surface area contributed by atoms with Crippen LogP contribution in [0.5, 0.6) is 0 Å². The van der Waals surface area contributed by atoms with Gasteiger partial charge in [-0.05, 0) is 36.8 Å². The van der Waals surface area contributed by atoms with Crippen molar-refractivity contribution >= 4 is 28.6 Å². The molecule has 0 aliphatic rings.